The molecule has 0 saturated heterocycles. The molecule has 3 aromatic rings. The molecule has 1 saturated carbocycles. The fourth-order valence-corrected chi connectivity index (χ4v) is 2.95. The molecule has 1 aliphatic rings. The summed E-state index contributed by atoms with van der Waals surface area (Å²) in [6.45, 7) is 2.53. The average molecular weight is 332 g/mol. The van der Waals surface area contributed by atoms with Gasteiger partial charge in [0.2, 0.25) is 5.82 Å². The number of amides is 1. The zero-order valence-electron chi connectivity index (χ0n) is 14.2. The molecule has 2 aromatic carbocycles. The second kappa shape index (κ2) is 6.51. The summed E-state index contributed by atoms with van der Waals surface area (Å²) in [4.78, 5) is 19.3. The minimum atomic E-state index is -0.162. The molecule has 0 radical (unpaired) electrons. The Morgan fingerprint density at radius 3 is 2.32 bits per heavy atom. The summed E-state index contributed by atoms with van der Waals surface area (Å²) in [6, 6.07) is 19.5. The molecule has 126 valence electrons. The van der Waals surface area contributed by atoms with Crippen LogP contribution in [0, 0.1) is 0 Å². The van der Waals surface area contributed by atoms with Crippen LogP contribution in [0.2, 0.25) is 0 Å². The molecule has 0 bridgehead atoms. The van der Waals surface area contributed by atoms with Crippen molar-refractivity contribution in [1.82, 2.24) is 14.8 Å². The molecule has 5 heteroatoms. The third-order valence-corrected chi connectivity index (χ3v) is 4.40. The first-order chi connectivity index (χ1) is 12.3. The highest BCUT2D eigenvalue weighted by Gasteiger charge is 2.32. The van der Waals surface area contributed by atoms with Crippen LogP contribution < -0.4 is 4.90 Å². The Balaban J connectivity index is 1.72. The lowest BCUT2D eigenvalue weighted by molar-refractivity contribution is 0.0978. The summed E-state index contributed by atoms with van der Waals surface area (Å²) in [5, 5.41) is 4.55. The zero-order valence-corrected chi connectivity index (χ0v) is 14.2. The van der Waals surface area contributed by atoms with Gasteiger partial charge >= 0.3 is 0 Å². The number of para-hydroxylation sites is 2. The Labute approximate surface area is 146 Å². The molecule has 1 fully saturated rings. The number of rotatable bonds is 5. The van der Waals surface area contributed by atoms with Crippen molar-refractivity contribution < 1.29 is 4.79 Å². The van der Waals surface area contributed by atoms with E-state index in [1.165, 1.54) is 0 Å². The Morgan fingerprint density at radius 2 is 1.72 bits per heavy atom. The number of nitrogens with zero attached hydrogens (tertiary/aromatic N) is 4. The number of benzene rings is 2. The molecule has 0 unspecified atom stereocenters. The molecule has 1 aliphatic carbocycles. The summed E-state index contributed by atoms with van der Waals surface area (Å²) < 4.78 is 1.82. The van der Waals surface area contributed by atoms with Crippen molar-refractivity contribution >= 4 is 11.6 Å². The van der Waals surface area contributed by atoms with Crippen molar-refractivity contribution in [3.05, 3.63) is 72.3 Å². The van der Waals surface area contributed by atoms with Crippen LogP contribution in [-0.4, -0.2) is 27.2 Å². The van der Waals surface area contributed by atoms with E-state index >= 15 is 0 Å². The van der Waals surface area contributed by atoms with Crippen LogP contribution in [0.25, 0.3) is 5.69 Å². The van der Waals surface area contributed by atoms with E-state index in [2.05, 4.69) is 10.1 Å². The van der Waals surface area contributed by atoms with Gasteiger partial charge in [-0.1, -0.05) is 36.4 Å². The van der Waals surface area contributed by atoms with E-state index in [4.69, 9.17) is 0 Å². The van der Waals surface area contributed by atoms with E-state index in [0.717, 1.165) is 30.0 Å². The molecular formula is C20H20N4O. The summed E-state index contributed by atoms with van der Waals surface area (Å²) in [5.74, 6) is 1.39. The van der Waals surface area contributed by atoms with Gasteiger partial charge < -0.3 is 4.90 Å². The van der Waals surface area contributed by atoms with Gasteiger partial charge in [0.05, 0.1) is 5.69 Å². The summed E-state index contributed by atoms with van der Waals surface area (Å²) in [5.41, 5.74) is 1.80. The fourth-order valence-electron chi connectivity index (χ4n) is 2.95. The maximum atomic E-state index is 13.0. The second-order valence-electron chi connectivity index (χ2n) is 6.20. The van der Waals surface area contributed by atoms with Crippen LogP contribution in [0.3, 0.4) is 0 Å². The van der Waals surface area contributed by atoms with Crippen molar-refractivity contribution in [1.29, 1.82) is 0 Å². The average Bonchev–Trinajstić information content (AvgIpc) is 3.42. The van der Waals surface area contributed by atoms with Crippen molar-refractivity contribution in [3.63, 3.8) is 0 Å². The number of carbonyl (C=O) groups excluding carboxylic acids is 1. The Kier molecular flexibility index (Phi) is 4.06. The van der Waals surface area contributed by atoms with E-state index in [1.54, 1.807) is 4.90 Å². The summed E-state index contributed by atoms with van der Waals surface area (Å²) in [7, 11) is 0. The molecule has 4 rings (SSSR count). The van der Waals surface area contributed by atoms with Crippen molar-refractivity contribution in [2.75, 3.05) is 11.4 Å². The van der Waals surface area contributed by atoms with Crippen molar-refractivity contribution in [3.8, 4) is 5.69 Å². The maximum Gasteiger partial charge on any atom is 0.297 e. The maximum absolute atomic E-state index is 13.0. The van der Waals surface area contributed by atoms with Gasteiger partial charge in [-0.15, -0.1) is 5.10 Å². The Morgan fingerprint density at radius 1 is 1.08 bits per heavy atom. The van der Waals surface area contributed by atoms with Gasteiger partial charge in [-0.2, -0.15) is 0 Å². The van der Waals surface area contributed by atoms with Crippen molar-refractivity contribution in [2.24, 2.45) is 0 Å². The predicted octanol–water partition coefficient (Wildman–Crippen LogP) is 3.81. The predicted molar refractivity (Wildman–Crippen MR) is 97.1 cm³/mol. The fraction of sp³-hybridized carbons (Fsp3) is 0.250. The van der Waals surface area contributed by atoms with E-state index in [9.17, 15) is 4.79 Å². The van der Waals surface area contributed by atoms with Crippen LogP contribution in [0.4, 0.5) is 5.69 Å². The topological polar surface area (TPSA) is 51.0 Å². The Bertz CT molecular complexity index is 869. The van der Waals surface area contributed by atoms with Gasteiger partial charge in [0.15, 0.2) is 0 Å². The molecule has 25 heavy (non-hydrogen) atoms. The number of carbonyl (C=O) groups is 1. The van der Waals surface area contributed by atoms with E-state index < -0.39 is 0 Å². The minimum absolute atomic E-state index is 0.162. The van der Waals surface area contributed by atoms with Crippen LogP contribution in [0.1, 0.15) is 42.1 Å². The zero-order chi connectivity index (χ0) is 17.2. The Hall–Kier alpha value is -2.95. The van der Waals surface area contributed by atoms with Gasteiger partial charge in [-0.25, -0.2) is 9.67 Å². The van der Waals surface area contributed by atoms with Crippen LogP contribution in [0.15, 0.2) is 60.7 Å². The standard InChI is InChI=1S/C20H20N4O/c1-2-23(16-9-5-3-6-10-16)20(25)18-21-19(15-13-14-15)24(22-18)17-11-7-4-8-12-17/h3-12,15H,2,13-14H2,1H3. The quantitative estimate of drug-likeness (QED) is 0.714. The molecule has 1 heterocycles. The van der Waals surface area contributed by atoms with Gasteiger partial charge in [-0.3, -0.25) is 4.79 Å². The highest BCUT2D eigenvalue weighted by molar-refractivity contribution is 6.03. The van der Waals surface area contributed by atoms with Crippen LogP contribution in [-0.2, 0) is 0 Å². The number of anilines is 1. The molecule has 5 nitrogen and oxygen atoms in total. The second-order valence-corrected chi connectivity index (χ2v) is 6.20. The highest BCUT2D eigenvalue weighted by Crippen LogP contribution is 2.39. The first kappa shape index (κ1) is 15.6. The monoisotopic (exact) mass is 332 g/mol. The lowest BCUT2D eigenvalue weighted by atomic mass is 10.3. The largest absolute Gasteiger partial charge is 0.306 e. The van der Waals surface area contributed by atoms with E-state index in [1.807, 2.05) is 72.3 Å². The molecule has 0 aliphatic heterocycles. The molecule has 0 atom stereocenters. The number of hydrogen-bond donors (Lipinski definition) is 0. The third kappa shape index (κ3) is 3.05. The van der Waals surface area contributed by atoms with Crippen LogP contribution in [0.5, 0.6) is 0 Å². The minimum Gasteiger partial charge on any atom is -0.306 e. The normalized spacial score (nSPS) is 13.6. The van der Waals surface area contributed by atoms with Crippen LogP contribution >= 0.6 is 0 Å². The highest BCUT2D eigenvalue weighted by atomic mass is 16.2. The summed E-state index contributed by atoms with van der Waals surface area (Å²) >= 11 is 0. The lowest BCUT2D eigenvalue weighted by Crippen LogP contribution is -2.31. The first-order valence-corrected chi connectivity index (χ1v) is 8.67. The van der Waals surface area contributed by atoms with Gasteiger partial charge in [0.25, 0.3) is 5.91 Å². The number of hydrogen-bond acceptors (Lipinski definition) is 3. The molecule has 0 spiro atoms. The summed E-state index contributed by atoms with van der Waals surface area (Å²) in [6.07, 6.45) is 2.21. The molecule has 0 N–H and O–H groups in total. The first-order valence-electron chi connectivity index (χ1n) is 8.67. The van der Waals surface area contributed by atoms with Gasteiger partial charge in [-0.05, 0) is 44.0 Å². The number of aromatic nitrogens is 3. The lowest BCUT2D eigenvalue weighted by Gasteiger charge is -2.19. The third-order valence-electron chi connectivity index (χ3n) is 4.40. The van der Waals surface area contributed by atoms with E-state index in [-0.39, 0.29) is 11.7 Å². The SMILES string of the molecule is CCN(C(=O)c1nc(C2CC2)n(-c2ccccc2)n1)c1ccccc1. The van der Waals surface area contributed by atoms with E-state index in [0.29, 0.717) is 12.5 Å². The van der Waals surface area contributed by atoms with Crippen molar-refractivity contribution in [2.45, 2.75) is 25.7 Å². The smallest absolute Gasteiger partial charge is 0.297 e. The molecule has 1 aromatic heterocycles. The molecule has 1 amide bonds. The molecular weight excluding hydrogens is 312 g/mol. The van der Waals surface area contributed by atoms with Gasteiger partial charge in [0, 0.05) is 18.2 Å². The van der Waals surface area contributed by atoms with Gasteiger partial charge in [0.1, 0.15) is 5.82 Å².